The van der Waals surface area contributed by atoms with E-state index in [-0.39, 0.29) is 31.1 Å². The molecule has 0 spiro atoms. The highest BCUT2D eigenvalue weighted by atomic mass is 16.6. The van der Waals surface area contributed by atoms with Crippen molar-refractivity contribution in [3.8, 4) is 0 Å². The Morgan fingerprint density at radius 2 is 0.667 bits per heavy atom. The number of rotatable bonds is 49. The van der Waals surface area contributed by atoms with Gasteiger partial charge in [0.15, 0.2) is 6.10 Å². The maximum absolute atomic E-state index is 12.8. The van der Waals surface area contributed by atoms with Crippen LogP contribution in [0.1, 0.15) is 258 Å². The molecule has 0 aromatic rings. The molecule has 0 fully saturated rings. The van der Waals surface area contributed by atoms with Crippen molar-refractivity contribution in [2.75, 3.05) is 13.2 Å². The van der Waals surface area contributed by atoms with Crippen LogP contribution in [0.2, 0.25) is 0 Å². The molecule has 0 bridgehead atoms. The van der Waals surface area contributed by atoms with E-state index in [9.17, 15) is 14.4 Å². The summed E-state index contributed by atoms with van der Waals surface area (Å²) in [7, 11) is 0. The fraction of sp³-hybridized carbons (Fsp3) is 0.717. The maximum atomic E-state index is 12.8. The normalized spacial score (nSPS) is 12.7. The largest absolute Gasteiger partial charge is 0.462 e. The molecule has 0 saturated heterocycles. The summed E-state index contributed by atoms with van der Waals surface area (Å²) in [5.74, 6) is -0.928. The van der Waals surface area contributed by atoms with Crippen LogP contribution in [0.4, 0.5) is 0 Å². The van der Waals surface area contributed by atoms with Crippen molar-refractivity contribution in [2.24, 2.45) is 0 Å². The van der Waals surface area contributed by atoms with Gasteiger partial charge in [0.05, 0.1) is 0 Å². The van der Waals surface area contributed by atoms with E-state index in [2.05, 4.69) is 106 Å². The maximum Gasteiger partial charge on any atom is 0.306 e. The number of hydrogen-bond acceptors (Lipinski definition) is 6. The van der Waals surface area contributed by atoms with Crippen molar-refractivity contribution in [1.29, 1.82) is 0 Å². The van der Waals surface area contributed by atoms with Gasteiger partial charge in [-0.1, -0.05) is 228 Å². The first kappa shape index (κ1) is 62.6. The average Bonchev–Trinajstić information content (AvgIpc) is 3.31. The minimum absolute atomic E-state index is 0.0912. The van der Waals surface area contributed by atoms with Gasteiger partial charge in [-0.15, -0.1) is 0 Å². The fourth-order valence-corrected chi connectivity index (χ4v) is 7.57. The van der Waals surface area contributed by atoms with Gasteiger partial charge in [-0.3, -0.25) is 14.4 Å². The summed E-state index contributed by atoms with van der Waals surface area (Å²) in [5.41, 5.74) is 0. The smallest absolute Gasteiger partial charge is 0.306 e. The van der Waals surface area contributed by atoms with Crippen LogP contribution in [0, 0.1) is 0 Å². The SMILES string of the molecule is CC\C=C/C=C\C=C/CCCCCCCCCC(=O)OC(COC(=O)CCCCCC/C=C\C/C=C\C/C=C\CC)COC(=O)CCCCCCCCC/C=C\CCCCCCCCCC. The minimum Gasteiger partial charge on any atom is -0.462 e. The highest BCUT2D eigenvalue weighted by Gasteiger charge is 2.19. The number of unbranched alkanes of at least 4 members (excludes halogenated alkanes) is 26. The second kappa shape index (κ2) is 54.2. The Morgan fingerprint density at radius 3 is 1.11 bits per heavy atom. The van der Waals surface area contributed by atoms with Crippen molar-refractivity contribution < 1.29 is 28.6 Å². The summed E-state index contributed by atoms with van der Waals surface area (Å²) in [6.07, 6.45) is 70.0. The van der Waals surface area contributed by atoms with Crippen LogP contribution < -0.4 is 0 Å². The van der Waals surface area contributed by atoms with Crippen LogP contribution in [0.15, 0.2) is 85.1 Å². The lowest BCUT2D eigenvalue weighted by Crippen LogP contribution is -2.30. The molecule has 0 aliphatic rings. The molecule has 6 nitrogen and oxygen atoms in total. The second-order valence-corrected chi connectivity index (χ2v) is 18.1. The second-order valence-electron chi connectivity index (χ2n) is 18.1. The van der Waals surface area contributed by atoms with E-state index in [1.165, 1.54) is 116 Å². The molecular formula is C60H102O6. The number of hydrogen-bond donors (Lipinski definition) is 0. The van der Waals surface area contributed by atoms with E-state index >= 15 is 0 Å². The van der Waals surface area contributed by atoms with Crippen molar-refractivity contribution in [2.45, 2.75) is 264 Å². The van der Waals surface area contributed by atoms with Gasteiger partial charge in [0.1, 0.15) is 13.2 Å². The summed E-state index contributed by atoms with van der Waals surface area (Å²) in [6, 6.07) is 0. The Morgan fingerprint density at radius 1 is 0.333 bits per heavy atom. The molecule has 0 heterocycles. The number of carbonyl (C=O) groups excluding carboxylic acids is 3. The van der Waals surface area contributed by atoms with E-state index in [1.54, 1.807) is 0 Å². The molecule has 0 aromatic heterocycles. The minimum atomic E-state index is -0.794. The molecule has 0 aromatic carbocycles. The van der Waals surface area contributed by atoms with E-state index < -0.39 is 6.10 Å². The number of ether oxygens (including phenoxy) is 3. The van der Waals surface area contributed by atoms with Crippen molar-refractivity contribution in [1.82, 2.24) is 0 Å². The number of carbonyl (C=O) groups is 3. The average molecular weight is 919 g/mol. The van der Waals surface area contributed by atoms with E-state index in [0.717, 1.165) is 103 Å². The Hall–Kier alpha value is -3.41. The molecule has 0 aliphatic heterocycles. The fourth-order valence-electron chi connectivity index (χ4n) is 7.57. The first-order chi connectivity index (χ1) is 32.5. The molecule has 0 saturated carbocycles. The molecule has 1 unspecified atom stereocenters. The van der Waals surface area contributed by atoms with Crippen molar-refractivity contribution >= 4 is 17.9 Å². The van der Waals surface area contributed by atoms with E-state index in [4.69, 9.17) is 14.2 Å². The van der Waals surface area contributed by atoms with Crippen LogP contribution in [0.25, 0.3) is 0 Å². The molecule has 0 rings (SSSR count). The van der Waals surface area contributed by atoms with Gasteiger partial charge >= 0.3 is 17.9 Å². The molecule has 0 aliphatic carbocycles. The lowest BCUT2D eigenvalue weighted by molar-refractivity contribution is -0.167. The van der Waals surface area contributed by atoms with Crippen molar-refractivity contribution in [3.63, 3.8) is 0 Å². The highest BCUT2D eigenvalue weighted by Crippen LogP contribution is 2.15. The van der Waals surface area contributed by atoms with Gasteiger partial charge in [0.25, 0.3) is 0 Å². The number of esters is 3. The zero-order valence-electron chi connectivity index (χ0n) is 43.2. The Labute approximate surface area is 407 Å². The van der Waals surface area contributed by atoms with Crippen LogP contribution in [-0.4, -0.2) is 37.2 Å². The first-order valence-corrected chi connectivity index (χ1v) is 27.6. The predicted octanol–water partition coefficient (Wildman–Crippen LogP) is 18.4. The third kappa shape index (κ3) is 51.6. The van der Waals surface area contributed by atoms with Crippen LogP contribution in [-0.2, 0) is 28.6 Å². The predicted molar refractivity (Wildman–Crippen MR) is 284 cm³/mol. The quantitative estimate of drug-likeness (QED) is 0.0199. The summed E-state index contributed by atoms with van der Waals surface area (Å²) in [5, 5.41) is 0. The van der Waals surface area contributed by atoms with E-state index in [0.29, 0.717) is 19.3 Å². The topological polar surface area (TPSA) is 78.9 Å². The monoisotopic (exact) mass is 919 g/mol. The molecular weight excluding hydrogens is 817 g/mol. The van der Waals surface area contributed by atoms with Gasteiger partial charge < -0.3 is 14.2 Å². The van der Waals surface area contributed by atoms with Crippen LogP contribution >= 0.6 is 0 Å². The Kier molecular flexibility index (Phi) is 51.4. The molecule has 1 atom stereocenters. The Bertz CT molecular complexity index is 1290. The summed E-state index contributed by atoms with van der Waals surface area (Å²) in [6.45, 7) is 6.37. The lowest BCUT2D eigenvalue weighted by Gasteiger charge is -2.18. The van der Waals surface area contributed by atoms with Crippen molar-refractivity contribution in [3.05, 3.63) is 85.1 Å². The molecule has 66 heavy (non-hydrogen) atoms. The molecule has 378 valence electrons. The van der Waals surface area contributed by atoms with Gasteiger partial charge in [-0.05, 0) is 96.3 Å². The standard InChI is InChI=1S/C60H102O6/c1-4-7-10-13-16-19-22-25-28-29-30-31-33-35-38-41-44-47-50-53-59(62)65-56-57(55-64-58(61)52-49-46-43-40-37-34-27-24-21-18-15-12-9-6-3)66-60(63)54-51-48-45-42-39-36-32-26-23-20-17-14-11-8-5-2/h8-9,11-12,14,17-18,20-21,23,27,29-30,34,57H,4-7,10,13,15-16,19,22,24-26,28,31-33,35-56H2,1-3H3/b11-8-,12-9-,17-14-,21-18-,23-20-,30-29-,34-27-. The number of allylic oxidation sites excluding steroid dienone is 14. The zero-order valence-corrected chi connectivity index (χ0v) is 43.2. The lowest BCUT2D eigenvalue weighted by atomic mass is 10.1. The first-order valence-electron chi connectivity index (χ1n) is 27.6. The third-order valence-corrected chi connectivity index (χ3v) is 11.7. The molecule has 6 heteroatoms. The van der Waals surface area contributed by atoms with E-state index in [1.807, 2.05) is 0 Å². The van der Waals surface area contributed by atoms with Gasteiger partial charge in [0, 0.05) is 19.3 Å². The summed E-state index contributed by atoms with van der Waals surface area (Å²) >= 11 is 0. The van der Waals surface area contributed by atoms with Crippen LogP contribution in [0.3, 0.4) is 0 Å². The molecule has 0 amide bonds. The van der Waals surface area contributed by atoms with Gasteiger partial charge in [0.2, 0.25) is 0 Å². The molecule has 0 N–H and O–H groups in total. The summed E-state index contributed by atoms with van der Waals surface area (Å²) < 4.78 is 16.8. The van der Waals surface area contributed by atoms with Crippen LogP contribution in [0.5, 0.6) is 0 Å². The summed E-state index contributed by atoms with van der Waals surface area (Å²) in [4.78, 5) is 38.1. The Balaban J connectivity index is 4.41. The highest BCUT2D eigenvalue weighted by molar-refractivity contribution is 5.71. The third-order valence-electron chi connectivity index (χ3n) is 11.7. The van der Waals surface area contributed by atoms with Gasteiger partial charge in [-0.25, -0.2) is 0 Å². The molecule has 0 radical (unpaired) electrons. The van der Waals surface area contributed by atoms with Gasteiger partial charge in [-0.2, -0.15) is 0 Å². The zero-order chi connectivity index (χ0) is 47.9.